The summed E-state index contributed by atoms with van der Waals surface area (Å²) >= 11 is 13.2. The molecule has 8 heteroatoms. The molecular formula is C17H18ClN3O2S2. The number of hydrogen-bond acceptors (Lipinski definition) is 5. The number of esters is 1. The van der Waals surface area contributed by atoms with Crippen LogP contribution in [-0.2, 0) is 9.53 Å². The number of nitrogens with one attached hydrogen (secondary N) is 1. The van der Waals surface area contributed by atoms with Gasteiger partial charge in [-0.3, -0.25) is 9.78 Å². The van der Waals surface area contributed by atoms with Crippen molar-refractivity contribution in [1.82, 2.24) is 15.2 Å². The molecule has 25 heavy (non-hydrogen) atoms. The standard InChI is InChI=1S/C17H18ClN3O2S2/c1-23-14(22)6-4-10-21-16(12-7-8-13(18)25-12)15(20-17(21)24)11-5-2-3-9-19-11/h2-3,5,7-9,15-16H,4,6,10H2,1H3,(H,20,24). The first-order valence-electron chi connectivity index (χ1n) is 7.90. The summed E-state index contributed by atoms with van der Waals surface area (Å²) < 4.78 is 5.45. The lowest BCUT2D eigenvalue weighted by Gasteiger charge is -2.26. The first-order chi connectivity index (χ1) is 12.1. The number of aromatic nitrogens is 1. The summed E-state index contributed by atoms with van der Waals surface area (Å²) in [5, 5.41) is 4.03. The van der Waals surface area contributed by atoms with Crippen LogP contribution in [0.1, 0.15) is 35.5 Å². The van der Waals surface area contributed by atoms with Crippen molar-refractivity contribution in [3.05, 3.63) is 51.4 Å². The lowest BCUT2D eigenvalue weighted by Crippen LogP contribution is -2.30. The van der Waals surface area contributed by atoms with Crippen molar-refractivity contribution < 1.29 is 9.53 Å². The maximum absolute atomic E-state index is 11.4. The molecule has 3 rings (SSSR count). The number of ether oxygens (including phenoxy) is 1. The van der Waals surface area contributed by atoms with Crippen molar-refractivity contribution >= 4 is 46.2 Å². The third kappa shape index (κ3) is 4.11. The van der Waals surface area contributed by atoms with Crippen molar-refractivity contribution in [1.29, 1.82) is 0 Å². The van der Waals surface area contributed by atoms with Crippen LogP contribution < -0.4 is 5.32 Å². The largest absolute Gasteiger partial charge is 0.469 e. The quantitative estimate of drug-likeness (QED) is 0.594. The molecule has 2 atom stereocenters. The summed E-state index contributed by atoms with van der Waals surface area (Å²) in [6.07, 6.45) is 2.80. The van der Waals surface area contributed by atoms with Crippen LogP contribution in [-0.4, -0.2) is 34.6 Å². The second-order valence-electron chi connectivity index (χ2n) is 5.64. The summed E-state index contributed by atoms with van der Waals surface area (Å²) in [5.41, 5.74) is 0.926. The minimum absolute atomic E-state index is 0.00227. The highest BCUT2D eigenvalue weighted by Gasteiger charge is 2.40. The normalized spacial score (nSPS) is 19.8. The fourth-order valence-corrected chi connectivity index (χ4v) is 4.48. The molecule has 0 spiro atoms. The molecule has 5 nitrogen and oxygen atoms in total. The van der Waals surface area contributed by atoms with E-state index in [1.807, 2.05) is 30.3 Å². The molecule has 132 valence electrons. The summed E-state index contributed by atoms with van der Waals surface area (Å²) in [4.78, 5) is 19.1. The fourth-order valence-electron chi connectivity index (χ4n) is 2.94. The van der Waals surface area contributed by atoms with Crippen molar-refractivity contribution in [3.63, 3.8) is 0 Å². The Hall–Kier alpha value is -1.70. The second-order valence-corrected chi connectivity index (χ2v) is 7.77. The zero-order valence-corrected chi connectivity index (χ0v) is 16.0. The van der Waals surface area contributed by atoms with Gasteiger partial charge >= 0.3 is 5.97 Å². The molecular weight excluding hydrogens is 378 g/mol. The lowest BCUT2D eigenvalue weighted by atomic mass is 10.0. The highest BCUT2D eigenvalue weighted by molar-refractivity contribution is 7.80. The Balaban J connectivity index is 1.85. The van der Waals surface area contributed by atoms with E-state index in [4.69, 9.17) is 28.6 Å². The number of pyridine rings is 1. The highest BCUT2D eigenvalue weighted by Crippen LogP contribution is 2.42. The van der Waals surface area contributed by atoms with Gasteiger partial charge in [0.2, 0.25) is 0 Å². The SMILES string of the molecule is COC(=O)CCCN1C(=S)NC(c2ccccn2)C1c1ccc(Cl)s1. The van der Waals surface area contributed by atoms with Gasteiger partial charge in [0.15, 0.2) is 5.11 Å². The van der Waals surface area contributed by atoms with Crippen molar-refractivity contribution in [2.24, 2.45) is 0 Å². The van der Waals surface area contributed by atoms with Gasteiger partial charge in [-0.15, -0.1) is 11.3 Å². The summed E-state index contributed by atoms with van der Waals surface area (Å²) in [7, 11) is 1.40. The van der Waals surface area contributed by atoms with Crippen molar-refractivity contribution in [2.75, 3.05) is 13.7 Å². The molecule has 2 aromatic rings. The van der Waals surface area contributed by atoms with Crippen LogP contribution in [0, 0.1) is 0 Å². The van der Waals surface area contributed by atoms with Gasteiger partial charge in [0.1, 0.15) is 0 Å². The molecule has 1 fully saturated rings. The Labute approximate surface area is 161 Å². The van der Waals surface area contributed by atoms with Gasteiger partial charge < -0.3 is 15.0 Å². The van der Waals surface area contributed by atoms with E-state index in [1.165, 1.54) is 18.4 Å². The summed E-state index contributed by atoms with van der Waals surface area (Å²) in [6.45, 7) is 0.657. The number of carbonyl (C=O) groups excluding carboxylic acids is 1. The maximum atomic E-state index is 11.4. The van der Waals surface area contributed by atoms with E-state index in [9.17, 15) is 4.79 Å². The number of thiocarbonyl (C=S) groups is 1. The molecule has 0 saturated carbocycles. The summed E-state index contributed by atoms with van der Waals surface area (Å²) in [5.74, 6) is -0.213. The zero-order valence-electron chi connectivity index (χ0n) is 13.6. The average Bonchev–Trinajstić information content (AvgIpc) is 3.19. The second kappa shape index (κ2) is 8.12. The first-order valence-corrected chi connectivity index (χ1v) is 9.50. The Morgan fingerprint density at radius 3 is 2.92 bits per heavy atom. The van der Waals surface area contributed by atoms with Gasteiger partial charge in [-0.25, -0.2) is 0 Å². The third-order valence-electron chi connectivity index (χ3n) is 4.09. The predicted molar refractivity (Wildman–Crippen MR) is 103 cm³/mol. The van der Waals surface area contributed by atoms with Gasteiger partial charge in [-0.2, -0.15) is 0 Å². The smallest absolute Gasteiger partial charge is 0.305 e. The Kier molecular flexibility index (Phi) is 5.88. The molecule has 0 bridgehead atoms. The molecule has 1 saturated heterocycles. The van der Waals surface area contributed by atoms with E-state index in [2.05, 4.69) is 15.2 Å². The van der Waals surface area contributed by atoms with E-state index in [-0.39, 0.29) is 18.1 Å². The zero-order chi connectivity index (χ0) is 17.8. The van der Waals surface area contributed by atoms with Gasteiger partial charge in [0, 0.05) is 24.0 Å². The monoisotopic (exact) mass is 395 g/mol. The number of methoxy groups -OCH3 is 1. The average molecular weight is 396 g/mol. The van der Waals surface area contributed by atoms with Crippen LogP contribution >= 0.6 is 35.2 Å². The highest BCUT2D eigenvalue weighted by atomic mass is 35.5. The minimum atomic E-state index is -0.213. The topological polar surface area (TPSA) is 54.5 Å². The van der Waals surface area contributed by atoms with Crippen LogP contribution in [0.5, 0.6) is 0 Å². The predicted octanol–water partition coefficient (Wildman–Crippen LogP) is 3.72. The van der Waals surface area contributed by atoms with E-state index >= 15 is 0 Å². The molecule has 3 heterocycles. The summed E-state index contributed by atoms with van der Waals surface area (Å²) in [6, 6.07) is 9.70. The van der Waals surface area contributed by atoms with Crippen LogP contribution in [0.3, 0.4) is 0 Å². The first kappa shape index (κ1) is 18.1. The van der Waals surface area contributed by atoms with Crippen molar-refractivity contribution in [2.45, 2.75) is 24.9 Å². The maximum Gasteiger partial charge on any atom is 0.305 e. The molecule has 0 aliphatic carbocycles. The number of carbonyl (C=O) groups is 1. The molecule has 0 amide bonds. The fraction of sp³-hybridized carbons (Fsp3) is 0.353. The molecule has 1 N–H and O–H groups in total. The van der Waals surface area contributed by atoms with E-state index in [1.54, 1.807) is 6.20 Å². The van der Waals surface area contributed by atoms with Gasteiger partial charge in [0.05, 0.1) is 29.2 Å². The molecule has 2 aromatic heterocycles. The third-order valence-corrected chi connectivity index (χ3v) is 5.75. The molecule has 2 unspecified atom stereocenters. The van der Waals surface area contributed by atoms with E-state index < -0.39 is 0 Å². The van der Waals surface area contributed by atoms with E-state index in [0.717, 1.165) is 14.9 Å². The Morgan fingerprint density at radius 1 is 1.44 bits per heavy atom. The number of rotatable bonds is 6. The number of nitrogens with zero attached hydrogens (tertiary/aromatic N) is 2. The molecule has 0 aromatic carbocycles. The lowest BCUT2D eigenvalue weighted by molar-refractivity contribution is -0.140. The molecule has 1 aliphatic rings. The van der Waals surface area contributed by atoms with Gasteiger partial charge in [-0.05, 0) is 42.9 Å². The van der Waals surface area contributed by atoms with Gasteiger partial charge in [0.25, 0.3) is 0 Å². The van der Waals surface area contributed by atoms with E-state index in [0.29, 0.717) is 24.5 Å². The minimum Gasteiger partial charge on any atom is -0.469 e. The molecule has 0 radical (unpaired) electrons. The Morgan fingerprint density at radius 2 is 2.28 bits per heavy atom. The number of thiophene rings is 1. The molecule has 1 aliphatic heterocycles. The van der Waals surface area contributed by atoms with Crippen LogP contribution in [0.15, 0.2) is 36.5 Å². The van der Waals surface area contributed by atoms with Crippen LogP contribution in [0.2, 0.25) is 4.34 Å². The van der Waals surface area contributed by atoms with Crippen LogP contribution in [0.4, 0.5) is 0 Å². The van der Waals surface area contributed by atoms with Crippen LogP contribution in [0.25, 0.3) is 0 Å². The number of halogens is 1. The van der Waals surface area contributed by atoms with Crippen molar-refractivity contribution in [3.8, 4) is 0 Å². The Bertz CT molecular complexity index is 753. The number of hydrogen-bond donors (Lipinski definition) is 1. The van der Waals surface area contributed by atoms with Gasteiger partial charge in [-0.1, -0.05) is 17.7 Å².